The van der Waals surface area contributed by atoms with Gasteiger partial charge in [-0.15, -0.1) is 0 Å². The lowest BCUT2D eigenvalue weighted by atomic mass is 10.1. The minimum Gasteiger partial charge on any atom is -0.478 e. The number of hydrogen-bond donors (Lipinski definition) is 2. The number of carbonyl (C=O) groups excluding carboxylic acids is 1. The van der Waals surface area contributed by atoms with E-state index in [1.54, 1.807) is 25.1 Å². The highest BCUT2D eigenvalue weighted by Gasteiger charge is 2.13. The molecule has 17 heavy (non-hydrogen) atoms. The number of benzene rings is 1. The van der Waals surface area contributed by atoms with Gasteiger partial charge in [0.05, 0.1) is 17.9 Å². The lowest BCUT2D eigenvalue weighted by Gasteiger charge is -2.09. The maximum absolute atomic E-state index is 11.2. The van der Waals surface area contributed by atoms with Crippen LogP contribution in [0.15, 0.2) is 18.2 Å². The predicted octanol–water partition coefficient (Wildman–Crippen LogP) is 2.52. The van der Waals surface area contributed by atoms with Crippen LogP contribution < -0.4 is 5.32 Å². The van der Waals surface area contributed by atoms with Crippen molar-refractivity contribution in [3.8, 4) is 0 Å². The number of carboxylic acid groups (broad SMARTS) is 1. The number of anilines is 1. The Labute approximate surface area is 99.4 Å². The minimum atomic E-state index is -1.08. The highest BCUT2D eigenvalue weighted by Crippen LogP contribution is 2.18. The molecule has 92 valence electrons. The van der Waals surface area contributed by atoms with Crippen LogP contribution in [0.25, 0.3) is 0 Å². The molecule has 0 atom stereocenters. The zero-order chi connectivity index (χ0) is 12.8. The van der Waals surface area contributed by atoms with Crippen molar-refractivity contribution in [3.05, 3.63) is 29.3 Å². The Balaban J connectivity index is 2.98. The molecule has 0 saturated heterocycles. The van der Waals surface area contributed by atoms with Gasteiger partial charge in [-0.05, 0) is 31.0 Å². The molecule has 0 unspecified atom stereocenters. The summed E-state index contributed by atoms with van der Waals surface area (Å²) in [6, 6.07) is 4.89. The monoisotopic (exact) mass is 237 g/mol. The molecule has 0 saturated carbocycles. The summed E-state index contributed by atoms with van der Waals surface area (Å²) >= 11 is 0. The third kappa shape index (κ3) is 3.48. The van der Waals surface area contributed by atoms with Gasteiger partial charge in [0.25, 0.3) is 0 Å². The van der Waals surface area contributed by atoms with E-state index in [-0.39, 0.29) is 17.9 Å². The van der Waals surface area contributed by atoms with Crippen molar-refractivity contribution in [2.75, 3.05) is 11.9 Å². The quantitative estimate of drug-likeness (QED) is 0.843. The van der Waals surface area contributed by atoms with E-state index in [9.17, 15) is 9.59 Å². The first-order valence-electron chi connectivity index (χ1n) is 5.38. The molecule has 0 aromatic heterocycles. The highest BCUT2D eigenvalue weighted by molar-refractivity contribution is 5.98. The van der Waals surface area contributed by atoms with Crippen LogP contribution in [0.1, 0.15) is 29.8 Å². The Bertz CT molecular complexity index is 429. The second-order valence-electron chi connectivity index (χ2n) is 3.38. The van der Waals surface area contributed by atoms with Crippen LogP contribution in [0.2, 0.25) is 0 Å². The summed E-state index contributed by atoms with van der Waals surface area (Å²) in [6.07, 6.45) is 0.0826. The van der Waals surface area contributed by atoms with E-state index in [4.69, 9.17) is 9.84 Å². The van der Waals surface area contributed by atoms with Gasteiger partial charge in [-0.3, -0.25) is 5.32 Å². The fraction of sp³-hybridized carbons (Fsp3) is 0.333. The molecule has 0 aliphatic rings. The number of ether oxygens (including phenoxy) is 1. The van der Waals surface area contributed by atoms with Crippen LogP contribution in [0.5, 0.6) is 0 Å². The van der Waals surface area contributed by atoms with E-state index >= 15 is 0 Å². The van der Waals surface area contributed by atoms with Crippen molar-refractivity contribution in [1.29, 1.82) is 0 Å². The summed E-state index contributed by atoms with van der Waals surface area (Å²) in [6.45, 7) is 3.85. The molecule has 2 N–H and O–H groups in total. The van der Waals surface area contributed by atoms with Crippen LogP contribution in [0, 0.1) is 0 Å². The van der Waals surface area contributed by atoms with Crippen molar-refractivity contribution >= 4 is 17.7 Å². The summed E-state index contributed by atoms with van der Waals surface area (Å²) in [5.74, 6) is -1.08. The Morgan fingerprint density at radius 1 is 1.35 bits per heavy atom. The number of amides is 1. The molecule has 0 heterocycles. The zero-order valence-electron chi connectivity index (χ0n) is 9.82. The molecule has 0 fully saturated rings. The van der Waals surface area contributed by atoms with Gasteiger partial charge in [0, 0.05) is 0 Å². The van der Waals surface area contributed by atoms with Crippen molar-refractivity contribution in [2.45, 2.75) is 20.3 Å². The third-order valence-corrected chi connectivity index (χ3v) is 2.23. The number of nitrogens with one attached hydrogen (secondary N) is 1. The van der Waals surface area contributed by atoms with Crippen LogP contribution in [0.3, 0.4) is 0 Å². The van der Waals surface area contributed by atoms with Gasteiger partial charge in [0.1, 0.15) is 0 Å². The summed E-state index contributed by atoms with van der Waals surface area (Å²) in [5.41, 5.74) is 1.21. The zero-order valence-corrected chi connectivity index (χ0v) is 9.82. The van der Waals surface area contributed by atoms with Gasteiger partial charge in [-0.25, -0.2) is 9.59 Å². The summed E-state index contributed by atoms with van der Waals surface area (Å²) in [4.78, 5) is 22.3. The number of aryl methyl sites for hydroxylation is 1. The standard InChI is InChI=1S/C12H15NO4/c1-3-8-5-6-10(9(7-8)11(14)15)13-12(16)17-4-2/h5-7H,3-4H2,1-2H3,(H,13,16)(H,14,15). The van der Waals surface area contributed by atoms with Crippen molar-refractivity contribution in [3.63, 3.8) is 0 Å². The van der Waals surface area contributed by atoms with Gasteiger partial charge in [0.15, 0.2) is 0 Å². The van der Waals surface area contributed by atoms with E-state index in [1.165, 1.54) is 0 Å². The van der Waals surface area contributed by atoms with Gasteiger partial charge >= 0.3 is 12.1 Å². The molecule has 0 radical (unpaired) electrons. The van der Waals surface area contributed by atoms with E-state index in [2.05, 4.69) is 5.32 Å². The average molecular weight is 237 g/mol. The lowest BCUT2D eigenvalue weighted by molar-refractivity contribution is 0.0698. The first-order valence-corrected chi connectivity index (χ1v) is 5.38. The lowest BCUT2D eigenvalue weighted by Crippen LogP contribution is -2.16. The number of carbonyl (C=O) groups is 2. The minimum absolute atomic E-state index is 0.0670. The predicted molar refractivity (Wildman–Crippen MR) is 63.4 cm³/mol. The molecule has 1 aromatic rings. The van der Waals surface area contributed by atoms with E-state index in [0.29, 0.717) is 0 Å². The molecule has 1 aromatic carbocycles. The van der Waals surface area contributed by atoms with Crippen LogP contribution >= 0.6 is 0 Å². The van der Waals surface area contributed by atoms with Gasteiger partial charge < -0.3 is 9.84 Å². The highest BCUT2D eigenvalue weighted by atomic mass is 16.5. The number of rotatable bonds is 4. The summed E-state index contributed by atoms with van der Waals surface area (Å²) < 4.78 is 4.69. The first kappa shape index (κ1) is 13.0. The van der Waals surface area contributed by atoms with Crippen LogP contribution in [-0.4, -0.2) is 23.8 Å². The molecule has 5 nitrogen and oxygen atoms in total. The van der Waals surface area contributed by atoms with E-state index in [1.807, 2.05) is 6.92 Å². The fourth-order valence-corrected chi connectivity index (χ4v) is 1.37. The topological polar surface area (TPSA) is 75.6 Å². The molecule has 0 spiro atoms. The van der Waals surface area contributed by atoms with E-state index in [0.717, 1.165) is 12.0 Å². The fourth-order valence-electron chi connectivity index (χ4n) is 1.37. The maximum Gasteiger partial charge on any atom is 0.411 e. The summed E-state index contributed by atoms with van der Waals surface area (Å²) in [7, 11) is 0. The smallest absolute Gasteiger partial charge is 0.411 e. The van der Waals surface area contributed by atoms with Gasteiger partial charge in [0.2, 0.25) is 0 Å². The second-order valence-corrected chi connectivity index (χ2v) is 3.38. The van der Waals surface area contributed by atoms with Crippen molar-refractivity contribution < 1.29 is 19.4 Å². The molecular weight excluding hydrogens is 222 g/mol. The van der Waals surface area contributed by atoms with Crippen molar-refractivity contribution in [2.24, 2.45) is 0 Å². The van der Waals surface area contributed by atoms with E-state index < -0.39 is 12.1 Å². The molecule has 1 amide bonds. The number of hydrogen-bond acceptors (Lipinski definition) is 3. The Morgan fingerprint density at radius 3 is 2.59 bits per heavy atom. The summed E-state index contributed by atoms with van der Waals surface area (Å²) in [5, 5.41) is 11.4. The molecule has 0 aliphatic heterocycles. The van der Waals surface area contributed by atoms with Crippen molar-refractivity contribution in [1.82, 2.24) is 0 Å². The molecular formula is C12H15NO4. The molecule has 1 rings (SSSR count). The maximum atomic E-state index is 11.2. The van der Waals surface area contributed by atoms with Crippen LogP contribution in [-0.2, 0) is 11.2 Å². The van der Waals surface area contributed by atoms with Gasteiger partial charge in [-0.2, -0.15) is 0 Å². The Kier molecular flexibility index (Phi) is 4.51. The molecule has 0 bridgehead atoms. The third-order valence-electron chi connectivity index (χ3n) is 2.23. The Hall–Kier alpha value is -2.04. The number of aromatic carboxylic acids is 1. The molecule has 5 heteroatoms. The Morgan fingerprint density at radius 2 is 2.06 bits per heavy atom. The van der Waals surface area contributed by atoms with Gasteiger partial charge in [-0.1, -0.05) is 13.0 Å². The first-order chi connectivity index (χ1) is 8.08. The number of carboxylic acids is 1. The van der Waals surface area contributed by atoms with Crippen LogP contribution in [0.4, 0.5) is 10.5 Å². The SMILES string of the molecule is CCOC(=O)Nc1ccc(CC)cc1C(=O)O. The average Bonchev–Trinajstić information content (AvgIpc) is 2.29. The molecule has 0 aliphatic carbocycles. The largest absolute Gasteiger partial charge is 0.478 e. The normalized spacial score (nSPS) is 9.76. The second kappa shape index (κ2) is 5.89.